The first-order chi connectivity index (χ1) is 15.0. The van der Waals surface area contributed by atoms with Crippen molar-refractivity contribution in [3.8, 4) is 17.6 Å². The zero-order valence-electron chi connectivity index (χ0n) is 16.0. The van der Waals surface area contributed by atoms with E-state index >= 15 is 0 Å². The van der Waals surface area contributed by atoms with Crippen molar-refractivity contribution in [1.82, 2.24) is 14.5 Å². The molecule has 0 saturated heterocycles. The maximum absolute atomic E-state index is 12.8. The third-order valence-corrected chi connectivity index (χ3v) is 4.75. The monoisotopic (exact) mass is 440 g/mol. The van der Waals surface area contributed by atoms with Crippen molar-refractivity contribution < 1.29 is 18.3 Å². The van der Waals surface area contributed by atoms with Gasteiger partial charge >= 0.3 is 6.61 Å². The molecule has 0 aliphatic heterocycles. The maximum atomic E-state index is 12.8. The van der Waals surface area contributed by atoms with Crippen molar-refractivity contribution in [2.75, 3.05) is 0 Å². The van der Waals surface area contributed by atoms with E-state index in [1.165, 1.54) is 12.3 Å². The number of nitrogens with zero attached hydrogens (tertiary/aromatic N) is 4. The summed E-state index contributed by atoms with van der Waals surface area (Å²) in [5.74, 6) is 1.13. The van der Waals surface area contributed by atoms with Gasteiger partial charge in [0.15, 0.2) is 0 Å². The van der Waals surface area contributed by atoms with Crippen LogP contribution in [0.1, 0.15) is 17.0 Å². The second-order valence-electron chi connectivity index (χ2n) is 6.52. The second-order valence-corrected chi connectivity index (χ2v) is 6.91. The van der Waals surface area contributed by atoms with Crippen molar-refractivity contribution in [1.29, 1.82) is 5.26 Å². The van der Waals surface area contributed by atoms with Gasteiger partial charge in [0.2, 0.25) is 0 Å². The van der Waals surface area contributed by atoms with Crippen molar-refractivity contribution in [3.63, 3.8) is 0 Å². The third kappa shape index (κ3) is 4.73. The number of hydrogen-bond donors (Lipinski definition) is 0. The van der Waals surface area contributed by atoms with Crippen LogP contribution in [-0.4, -0.2) is 21.1 Å². The molecular weight excluding hydrogens is 426 g/mol. The van der Waals surface area contributed by atoms with Gasteiger partial charge in [-0.15, -0.1) is 0 Å². The molecule has 0 spiro atoms. The van der Waals surface area contributed by atoms with Crippen molar-refractivity contribution >= 4 is 22.6 Å². The van der Waals surface area contributed by atoms with E-state index in [9.17, 15) is 14.0 Å². The molecule has 31 heavy (non-hydrogen) atoms. The van der Waals surface area contributed by atoms with E-state index in [0.717, 1.165) is 0 Å². The first-order valence-electron chi connectivity index (χ1n) is 9.20. The fraction of sp³-hybridized carbons (Fsp3) is 0.136. The van der Waals surface area contributed by atoms with Crippen LogP contribution in [-0.2, 0) is 13.2 Å². The zero-order chi connectivity index (χ0) is 21.8. The van der Waals surface area contributed by atoms with Crippen LogP contribution < -0.4 is 9.47 Å². The van der Waals surface area contributed by atoms with Crippen LogP contribution in [0.15, 0.2) is 60.8 Å². The Hall–Kier alpha value is -3.70. The van der Waals surface area contributed by atoms with E-state index in [0.29, 0.717) is 38.9 Å². The third-order valence-electron chi connectivity index (χ3n) is 4.54. The van der Waals surface area contributed by atoms with E-state index in [1.807, 2.05) is 4.57 Å². The number of fused-ring (bicyclic) bond motifs is 1. The lowest BCUT2D eigenvalue weighted by Crippen LogP contribution is -2.11. The Morgan fingerprint density at radius 2 is 1.97 bits per heavy atom. The SMILES string of the molecule is N#Cc1ccc2nc(COc3ccnc(Cl)c3)n(Cc3ccccc3OC(F)F)c2c1. The summed E-state index contributed by atoms with van der Waals surface area (Å²) in [6.07, 6.45) is 1.53. The molecule has 2 heterocycles. The topological polar surface area (TPSA) is 73.0 Å². The maximum Gasteiger partial charge on any atom is 0.387 e. The van der Waals surface area contributed by atoms with Crippen LogP contribution in [0.5, 0.6) is 11.5 Å². The average Bonchev–Trinajstić information content (AvgIpc) is 3.10. The number of hydrogen-bond acceptors (Lipinski definition) is 5. The molecule has 9 heteroatoms. The molecule has 0 N–H and O–H groups in total. The summed E-state index contributed by atoms with van der Waals surface area (Å²) in [5, 5.41) is 9.57. The van der Waals surface area contributed by atoms with Crippen molar-refractivity contribution in [2.24, 2.45) is 0 Å². The molecule has 2 aromatic carbocycles. The number of imidazole rings is 1. The summed E-state index contributed by atoms with van der Waals surface area (Å²) in [4.78, 5) is 8.52. The van der Waals surface area contributed by atoms with Gasteiger partial charge in [0.25, 0.3) is 0 Å². The van der Waals surface area contributed by atoms with Crippen LogP contribution in [0.2, 0.25) is 5.15 Å². The summed E-state index contributed by atoms with van der Waals surface area (Å²) < 4.78 is 38.0. The summed E-state index contributed by atoms with van der Waals surface area (Å²) in [6.45, 7) is -2.65. The van der Waals surface area contributed by atoms with Crippen LogP contribution in [0, 0.1) is 11.3 Å². The van der Waals surface area contributed by atoms with Crippen LogP contribution in [0.3, 0.4) is 0 Å². The van der Waals surface area contributed by atoms with Gasteiger partial charge in [-0.2, -0.15) is 14.0 Å². The fourth-order valence-corrected chi connectivity index (χ4v) is 3.33. The quantitative estimate of drug-likeness (QED) is 0.370. The Morgan fingerprint density at radius 1 is 1.13 bits per heavy atom. The highest BCUT2D eigenvalue weighted by atomic mass is 35.5. The van der Waals surface area contributed by atoms with Gasteiger partial charge in [-0.05, 0) is 30.3 Å². The molecule has 6 nitrogen and oxygen atoms in total. The van der Waals surface area contributed by atoms with Gasteiger partial charge in [-0.25, -0.2) is 9.97 Å². The molecule has 0 radical (unpaired) electrons. The van der Waals surface area contributed by atoms with E-state index < -0.39 is 6.61 Å². The Morgan fingerprint density at radius 3 is 2.74 bits per heavy atom. The number of pyridine rings is 1. The molecule has 4 aromatic rings. The molecule has 0 bridgehead atoms. The molecule has 0 aliphatic carbocycles. The Kier molecular flexibility index (Phi) is 5.96. The van der Waals surface area contributed by atoms with E-state index in [1.54, 1.807) is 48.5 Å². The second kappa shape index (κ2) is 8.98. The zero-order valence-corrected chi connectivity index (χ0v) is 16.8. The summed E-state index contributed by atoms with van der Waals surface area (Å²) in [5.41, 5.74) is 2.33. The van der Waals surface area contributed by atoms with Gasteiger partial charge in [0.1, 0.15) is 29.1 Å². The minimum atomic E-state index is -2.94. The number of halogens is 3. The van der Waals surface area contributed by atoms with Gasteiger partial charge < -0.3 is 14.0 Å². The molecular formula is C22H15ClF2N4O2. The number of alkyl halides is 2. The van der Waals surface area contributed by atoms with Crippen LogP contribution in [0.25, 0.3) is 11.0 Å². The molecule has 0 fully saturated rings. The van der Waals surface area contributed by atoms with Crippen molar-refractivity contribution in [3.05, 3.63) is 82.9 Å². The number of ether oxygens (including phenoxy) is 2. The number of aromatic nitrogens is 3. The fourth-order valence-electron chi connectivity index (χ4n) is 3.17. The van der Waals surface area contributed by atoms with E-state index in [-0.39, 0.29) is 18.9 Å². The lowest BCUT2D eigenvalue weighted by Gasteiger charge is -2.14. The molecule has 4 rings (SSSR count). The standard InChI is InChI=1S/C22H15ClF2N4O2/c23-20-10-16(7-8-27-20)30-13-21-28-17-6-5-14(11-26)9-18(17)29(21)12-15-3-1-2-4-19(15)31-22(24)25/h1-10,22H,12-13H2. The first kappa shape index (κ1) is 20.6. The number of benzene rings is 2. The lowest BCUT2D eigenvalue weighted by atomic mass is 10.2. The normalized spacial score (nSPS) is 10.9. The lowest BCUT2D eigenvalue weighted by molar-refractivity contribution is -0.0504. The van der Waals surface area contributed by atoms with E-state index in [2.05, 4.69) is 20.8 Å². The highest BCUT2D eigenvalue weighted by Crippen LogP contribution is 2.26. The minimum Gasteiger partial charge on any atom is -0.486 e. The van der Waals surface area contributed by atoms with Crippen LogP contribution in [0.4, 0.5) is 8.78 Å². The predicted octanol–water partition coefficient (Wildman–Crippen LogP) is 5.19. The molecule has 0 aliphatic rings. The average molecular weight is 441 g/mol. The highest BCUT2D eigenvalue weighted by Gasteiger charge is 2.16. The largest absolute Gasteiger partial charge is 0.486 e. The number of para-hydroxylation sites is 1. The summed E-state index contributed by atoms with van der Waals surface area (Å²) in [7, 11) is 0. The molecule has 2 aromatic heterocycles. The Balaban J connectivity index is 1.73. The molecule has 0 amide bonds. The van der Waals surface area contributed by atoms with Crippen LogP contribution >= 0.6 is 11.6 Å². The first-order valence-corrected chi connectivity index (χ1v) is 9.57. The predicted molar refractivity (Wildman–Crippen MR) is 110 cm³/mol. The van der Waals surface area contributed by atoms with Gasteiger partial charge in [0, 0.05) is 17.8 Å². The highest BCUT2D eigenvalue weighted by molar-refractivity contribution is 6.29. The summed E-state index contributed by atoms with van der Waals surface area (Å²) >= 11 is 5.90. The summed E-state index contributed by atoms with van der Waals surface area (Å²) in [6, 6.07) is 17.0. The smallest absolute Gasteiger partial charge is 0.387 e. The van der Waals surface area contributed by atoms with Gasteiger partial charge in [-0.1, -0.05) is 29.8 Å². The minimum absolute atomic E-state index is 0.0728. The Labute approximate surface area is 181 Å². The number of nitriles is 1. The van der Waals surface area contributed by atoms with Crippen molar-refractivity contribution in [2.45, 2.75) is 19.8 Å². The van der Waals surface area contributed by atoms with E-state index in [4.69, 9.17) is 16.3 Å². The molecule has 0 saturated carbocycles. The van der Waals surface area contributed by atoms with Gasteiger partial charge in [0.05, 0.1) is 29.2 Å². The van der Waals surface area contributed by atoms with Gasteiger partial charge in [-0.3, -0.25) is 0 Å². The molecule has 0 unspecified atom stereocenters. The Bertz CT molecular complexity index is 1270. The molecule has 0 atom stereocenters. The molecule has 156 valence electrons. The number of rotatable bonds is 7.